The molecule has 1 fully saturated rings. The fourth-order valence-corrected chi connectivity index (χ4v) is 3.40. The Bertz CT molecular complexity index is 665. The van der Waals surface area contributed by atoms with Crippen LogP contribution in [0.15, 0.2) is 30.6 Å². The number of amides is 1. The Labute approximate surface area is 140 Å². The highest BCUT2D eigenvalue weighted by Gasteiger charge is 2.21. The van der Waals surface area contributed by atoms with Crippen molar-refractivity contribution in [3.05, 3.63) is 36.2 Å². The van der Waals surface area contributed by atoms with Gasteiger partial charge in [0.05, 0.1) is 11.1 Å². The van der Waals surface area contributed by atoms with Gasteiger partial charge < -0.3 is 10.2 Å². The first kappa shape index (κ1) is 16.2. The first-order valence-corrected chi connectivity index (χ1v) is 9.39. The Balaban J connectivity index is 1.61. The lowest BCUT2D eigenvalue weighted by atomic mass is 10.0. The van der Waals surface area contributed by atoms with Crippen LogP contribution in [0.1, 0.15) is 23.2 Å². The molecule has 1 amide bonds. The number of aromatic nitrogens is 2. The molecule has 1 aliphatic rings. The number of rotatable bonds is 5. The summed E-state index contributed by atoms with van der Waals surface area (Å²) in [5, 5.41) is 3.17. The standard InChI is InChI=1S/C17H22N4OS/c1-23-12-11-21-9-5-13(6-10-21)20-17(22)14-3-2-4-15-16(14)19-8-7-18-15/h2-4,7-8,13H,5-6,9-12H2,1H3,(H,20,22). The summed E-state index contributed by atoms with van der Waals surface area (Å²) in [6, 6.07) is 5.81. The molecule has 3 rings (SSSR count). The highest BCUT2D eigenvalue weighted by atomic mass is 32.2. The van der Waals surface area contributed by atoms with Crippen LogP contribution in [0.5, 0.6) is 0 Å². The Morgan fingerprint density at radius 3 is 2.87 bits per heavy atom. The summed E-state index contributed by atoms with van der Waals surface area (Å²) < 4.78 is 0. The Morgan fingerprint density at radius 2 is 2.09 bits per heavy atom. The highest BCUT2D eigenvalue weighted by molar-refractivity contribution is 7.98. The molecule has 1 N–H and O–H groups in total. The number of para-hydroxylation sites is 1. The average Bonchev–Trinajstić information content (AvgIpc) is 2.60. The van der Waals surface area contributed by atoms with Crippen molar-refractivity contribution in [3.63, 3.8) is 0 Å². The van der Waals surface area contributed by atoms with Crippen LogP contribution in [0, 0.1) is 0 Å². The minimum absolute atomic E-state index is 0.0429. The van der Waals surface area contributed by atoms with Crippen LogP contribution in [0.3, 0.4) is 0 Å². The Morgan fingerprint density at radius 1 is 1.30 bits per heavy atom. The summed E-state index contributed by atoms with van der Waals surface area (Å²) >= 11 is 1.88. The van der Waals surface area contributed by atoms with Crippen LogP contribution in [-0.2, 0) is 0 Å². The van der Waals surface area contributed by atoms with Gasteiger partial charge in [-0.15, -0.1) is 0 Å². The maximum Gasteiger partial charge on any atom is 0.253 e. The van der Waals surface area contributed by atoms with E-state index in [0.717, 1.165) is 38.0 Å². The number of likely N-dealkylation sites (tertiary alicyclic amines) is 1. The number of piperidine rings is 1. The van der Waals surface area contributed by atoms with Gasteiger partial charge in [0.1, 0.15) is 5.52 Å². The summed E-state index contributed by atoms with van der Waals surface area (Å²) in [5.74, 6) is 1.13. The quantitative estimate of drug-likeness (QED) is 0.911. The zero-order chi connectivity index (χ0) is 16.1. The number of hydrogen-bond acceptors (Lipinski definition) is 5. The van der Waals surface area contributed by atoms with E-state index < -0.39 is 0 Å². The Hall–Kier alpha value is -1.66. The molecule has 5 nitrogen and oxygen atoms in total. The van der Waals surface area contributed by atoms with Crippen molar-refractivity contribution in [3.8, 4) is 0 Å². The van der Waals surface area contributed by atoms with Crippen molar-refractivity contribution < 1.29 is 4.79 Å². The summed E-state index contributed by atoms with van der Waals surface area (Å²) in [5.41, 5.74) is 2.04. The van der Waals surface area contributed by atoms with Gasteiger partial charge >= 0.3 is 0 Å². The fraction of sp³-hybridized carbons (Fsp3) is 0.471. The monoisotopic (exact) mass is 330 g/mol. The van der Waals surface area contributed by atoms with Crippen LogP contribution in [0.25, 0.3) is 11.0 Å². The zero-order valence-electron chi connectivity index (χ0n) is 13.4. The molecule has 0 radical (unpaired) electrons. The summed E-state index contributed by atoms with van der Waals surface area (Å²) in [4.78, 5) is 23.6. The first-order chi connectivity index (χ1) is 11.3. The summed E-state index contributed by atoms with van der Waals surface area (Å²) in [6.07, 6.45) is 7.44. The van der Waals surface area contributed by atoms with Crippen LogP contribution < -0.4 is 5.32 Å². The summed E-state index contributed by atoms with van der Waals surface area (Å²) in [6.45, 7) is 3.25. The third-order valence-electron chi connectivity index (χ3n) is 4.28. The normalized spacial score (nSPS) is 16.6. The lowest BCUT2D eigenvalue weighted by Crippen LogP contribution is -2.45. The van der Waals surface area contributed by atoms with Crippen molar-refractivity contribution in [2.75, 3.05) is 31.6 Å². The van der Waals surface area contributed by atoms with Crippen molar-refractivity contribution >= 4 is 28.7 Å². The van der Waals surface area contributed by atoms with E-state index >= 15 is 0 Å². The molecule has 2 heterocycles. The van der Waals surface area contributed by atoms with Gasteiger partial charge in [-0.3, -0.25) is 14.8 Å². The van der Waals surface area contributed by atoms with Crippen molar-refractivity contribution in [2.45, 2.75) is 18.9 Å². The smallest absolute Gasteiger partial charge is 0.253 e. The minimum atomic E-state index is -0.0429. The number of carbonyl (C=O) groups is 1. The van der Waals surface area contributed by atoms with E-state index in [4.69, 9.17) is 0 Å². The van der Waals surface area contributed by atoms with Crippen LogP contribution in [0.2, 0.25) is 0 Å². The number of hydrogen-bond donors (Lipinski definition) is 1. The van der Waals surface area contributed by atoms with Gasteiger partial charge in [0, 0.05) is 43.8 Å². The SMILES string of the molecule is CSCCN1CCC(NC(=O)c2cccc3nccnc23)CC1. The van der Waals surface area contributed by atoms with Gasteiger partial charge in [-0.05, 0) is 31.2 Å². The van der Waals surface area contributed by atoms with E-state index in [2.05, 4.69) is 26.4 Å². The van der Waals surface area contributed by atoms with E-state index in [-0.39, 0.29) is 11.9 Å². The molecule has 0 bridgehead atoms. The molecule has 6 heteroatoms. The molecule has 0 atom stereocenters. The van der Waals surface area contributed by atoms with E-state index in [1.54, 1.807) is 12.4 Å². The molecule has 1 aliphatic heterocycles. The Kier molecular flexibility index (Phi) is 5.46. The molecule has 0 aliphatic carbocycles. The van der Waals surface area contributed by atoms with Crippen LogP contribution >= 0.6 is 11.8 Å². The molecular weight excluding hydrogens is 308 g/mol. The van der Waals surface area contributed by atoms with Gasteiger partial charge in [0.25, 0.3) is 5.91 Å². The number of nitrogens with zero attached hydrogens (tertiary/aromatic N) is 3. The minimum Gasteiger partial charge on any atom is -0.349 e. The van der Waals surface area contributed by atoms with Crippen molar-refractivity contribution in [1.29, 1.82) is 0 Å². The van der Waals surface area contributed by atoms with Gasteiger partial charge in [0.15, 0.2) is 0 Å². The topological polar surface area (TPSA) is 58.1 Å². The lowest BCUT2D eigenvalue weighted by Gasteiger charge is -2.32. The number of thioether (sulfide) groups is 1. The van der Waals surface area contributed by atoms with Crippen LogP contribution in [-0.4, -0.2) is 58.5 Å². The predicted molar refractivity (Wildman–Crippen MR) is 94.8 cm³/mol. The number of benzene rings is 1. The zero-order valence-corrected chi connectivity index (χ0v) is 14.2. The third kappa shape index (κ3) is 4.00. The highest BCUT2D eigenvalue weighted by Crippen LogP contribution is 2.16. The summed E-state index contributed by atoms with van der Waals surface area (Å²) in [7, 11) is 0. The molecule has 23 heavy (non-hydrogen) atoms. The van der Waals surface area contributed by atoms with E-state index in [1.807, 2.05) is 30.0 Å². The second-order valence-corrected chi connectivity index (χ2v) is 6.80. The van der Waals surface area contributed by atoms with Gasteiger partial charge in [-0.25, -0.2) is 0 Å². The van der Waals surface area contributed by atoms with Crippen molar-refractivity contribution in [2.24, 2.45) is 0 Å². The molecule has 1 aromatic carbocycles. The molecular formula is C17H22N4OS. The maximum atomic E-state index is 12.6. The van der Waals surface area contributed by atoms with E-state index in [9.17, 15) is 4.79 Å². The molecule has 2 aromatic rings. The third-order valence-corrected chi connectivity index (χ3v) is 4.87. The van der Waals surface area contributed by atoms with E-state index in [1.165, 1.54) is 5.75 Å². The van der Waals surface area contributed by atoms with Gasteiger partial charge in [-0.2, -0.15) is 11.8 Å². The maximum absolute atomic E-state index is 12.6. The van der Waals surface area contributed by atoms with Crippen LogP contribution in [0.4, 0.5) is 0 Å². The van der Waals surface area contributed by atoms with Gasteiger partial charge in [-0.1, -0.05) is 6.07 Å². The molecule has 0 spiro atoms. The molecule has 1 saturated heterocycles. The number of fused-ring (bicyclic) bond motifs is 1. The molecule has 0 saturated carbocycles. The van der Waals surface area contributed by atoms with E-state index in [0.29, 0.717) is 11.1 Å². The lowest BCUT2D eigenvalue weighted by molar-refractivity contribution is 0.0914. The molecule has 0 unspecified atom stereocenters. The fourth-order valence-electron chi connectivity index (χ4n) is 2.96. The largest absolute Gasteiger partial charge is 0.349 e. The predicted octanol–water partition coefficient (Wildman–Crippen LogP) is 2.19. The molecule has 1 aromatic heterocycles. The number of carbonyl (C=O) groups excluding carboxylic acids is 1. The second kappa shape index (κ2) is 7.75. The first-order valence-electron chi connectivity index (χ1n) is 8.00. The molecule has 122 valence electrons. The second-order valence-electron chi connectivity index (χ2n) is 5.81. The van der Waals surface area contributed by atoms with Crippen molar-refractivity contribution in [1.82, 2.24) is 20.2 Å². The average molecular weight is 330 g/mol. The van der Waals surface area contributed by atoms with Gasteiger partial charge in [0.2, 0.25) is 0 Å². The number of nitrogens with one attached hydrogen (secondary N) is 1.